The van der Waals surface area contributed by atoms with E-state index in [4.69, 9.17) is 18.6 Å². The number of hydrogen-bond donors (Lipinski definition) is 0. The Labute approximate surface area is 150 Å². The quantitative estimate of drug-likeness (QED) is 0.471. The van der Waals surface area contributed by atoms with E-state index < -0.39 is 5.97 Å². The third kappa shape index (κ3) is 3.39. The van der Waals surface area contributed by atoms with E-state index >= 15 is 0 Å². The fourth-order valence-electron chi connectivity index (χ4n) is 2.63. The van der Waals surface area contributed by atoms with Crippen LogP contribution >= 0.6 is 0 Å². The van der Waals surface area contributed by atoms with E-state index in [-0.39, 0.29) is 19.0 Å². The molecule has 3 aromatic rings. The molecule has 0 saturated carbocycles. The Morgan fingerprint density at radius 2 is 1.96 bits per heavy atom. The lowest BCUT2D eigenvalue weighted by Crippen LogP contribution is -2.08. The number of esters is 1. The topological polar surface area (TPSA) is 75.0 Å². The molecule has 3 rings (SSSR count). The number of ether oxygens (including phenoxy) is 3. The molecule has 0 amide bonds. The van der Waals surface area contributed by atoms with Gasteiger partial charge in [0.15, 0.2) is 11.5 Å². The lowest BCUT2D eigenvalue weighted by atomic mass is 10.1. The molecule has 0 N–H and O–H groups in total. The van der Waals surface area contributed by atoms with Crippen LogP contribution in [0.4, 0.5) is 0 Å². The number of methoxy groups -OCH3 is 1. The van der Waals surface area contributed by atoms with Crippen molar-refractivity contribution in [2.45, 2.75) is 13.5 Å². The van der Waals surface area contributed by atoms with Crippen LogP contribution in [-0.2, 0) is 11.3 Å². The molecular formula is C20H18O6. The normalized spacial score (nSPS) is 10.5. The highest BCUT2D eigenvalue weighted by Gasteiger charge is 2.22. The van der Waals surface area contributed by atoms with E-state index in [1.54, 1.807) is 31.2 Å². The van der Waals surface area contributed by atoms with Crippen molar-refractivity contribution in [3.63, 3.8) is 0 Å². The Morgan fingerprint density at radius 1 is 1.15 bits per heavy atom. The van der Waals surface area contributed by atoms with Gasteiger partial charge in [-0.15, -0.1) is 0 Å². The molecule has 1 aromatic heterocycles. The second-order valence-electron chi connectivity index (χ2n) is 5.44. The van der Waals surface area contributed by atoms with Gasteiger partial charge in [-0.2, -0.15) is 0 Å². The molecule has 0 spiro atoms. The molecule has 0 aliphatic carbocycles. The predicted octanol–water partition coefficient (Wildman–Crippen LogP) is 4.01. The summed E-state index contributed by atoms with van der Waals surface area (Å²) in [5.41, 5.74) is 1.66. The highest BCUT2D eigenvalue weighted by atomic mass is 16.5. The Kier molecular flexibility index (Phi) is 5.22. The number of hydrogen-bond acceptors (Lipinski definition) is 6. The first-order chi connectivity index (χ1) is 12.7. The maximum Gasteiger partial charge on any atom is 0.374 e. The van der Waals surface area contributed by atoms with Gasteiger partial charge in [-0.1, -0.05) is 18.2 Å². The molecule has 1 heterocycles. The second kappa shape index (κ2) is 7.74. The van der Waals surface area contributed by atoms with E-state index in [9.17, 15) is 9.59 Å². The van der Waals surface area contributed by atoms with Gasteiger partial charge in [-0.05, 0) is 31.2 Å². The molecule has 26 heavy (non-hydrogen) atoms. The number of rotatable bonds is 7. The van der Waals surface area contributed by atoms with Gasteiger partial charge in [-0.3, -0.25) is 4.79 Å². The number of carbonyl (C=O) groups excluding carboxylic acids is 2. The Morgan fingerprint density at radius 3 is 2.69 bits per heavy atom. The summed E-state index contributed by atoms with van der Waals surface area (Å²) >= 11 is 0. The highest BCUT2D eigenvalue weighted by Crippen LogP contribution is 2.31. The van der Waals surface area contributed by atoms with Crippen LogP contribution in [0.5, 0.6) is 11.5 Å². The van der Waals surface area contributed by atoms with E-state index in [0.29, 0.717) is 28.2 Å². The molecule has 134 valence electrons. The monoisotopic (exact) mass is 354 g/mol. The first-order valence-electron chi connectivity index (χ1n) is 8.11. The fourth-order valence-corrected chi connectivity index (χ4v) is 2.63. The molecule has 0 atom stereocenters. The predicted molar refractivity (Wildman–Crippen MR) is 94.9 cm³/mol. The molecule has 6 heteroatoms. The molecule has 0 unspecified atom stereocenters. The fraction of sp³-hybridized carbons (Fsp3) is 0.200. The molecule has 2 aromatic carbocycles. The van der Waals surface area contributed by atoms with Crippen molar-refractivity contribution in [3.8, 4) is 11.5 Å². The number of fused-ring (bicyclic) bond motifs is 1. The molecule has 0 saturated heterocycles. The molecule has 0 aliphatic rings. The maximum absolute atomic E-state index is 12.2. The van der Waals surface area contributed by atoms with Crippen LogP contribution in [-0.4, -0.2) is 26.0 Å². The van der Waals surface area contributed by atoms with Crippen LogP contribution in [0, 0.1) is 0 Å². The van der Waals surface area contributed by atoms with Crippen LogP contribution in [0.1, 0.15) is 33.4 Å². The average molecular weight is 354 g/mol. The smallest absolute Gasteiger partial charge is 0.374 e. The van der Waals surface area contributed by atoms with Crippen molar-refractivity contribution >= 4 is 23.2 Å². The van der Waals surface area contributed by atoms with Gasteiger partial charge in [0.1, 0.15) is 18.5 Å². The summed E-state index contributed by atoms with van der Waals surface area (Å²) in [6.07, 6.45) is 0.731. The van der Waals surface area contributed by atoms with E-state index in [1.807, 2.05) is 18.2 Å². The third-order valence-corrected chi connectivity index (χ3v) is 3.85. The third-order valence-electron chi connectivity index (χ3n) is 3.85. The lowest BCUT2D eigenvalue weighted by molar-refractivity contribution is 0.0488. The Hall–Kier alpha value is -3.28. The zero-order valence-electron chi connectivity index (χ0n) is 14.5. The summed E-state index contributed by atoms with van der Waals surface area (Å²) in [5, 5.41) is 0.777. The first-order valence-corrected chi connectivity index (χ1v) is 8.11. The molecule has 0 radical (unpaired) electrons. The Balaban J connectivity index is 1.94. The SMILES string of the molecule is CCOC(=O)c1oc2ccccc2c1COc1ccc(C=O)cc1OC. The van der Waals surface area contributed by atoms with E-state index in [1.165, 1.54) is 7.11 Å². The zero-order chi connectivity index (χ0) is 18.5. The number of benzene rings is 2. The van der Waals surface area contributed by atoms with Crippen LogP contribution < -0.4 is 9.47 Å². The van der Waals surface area contributed by atoms with Gasteiger partial charge in [0, 0.05) is 10.9 Å². The molecule has 6 nitrogen and oxygen atoms in total. The first kappa shape index (κ1) is 17.5. The van der Waals surface area contributed by atoms with Gasteiger partial charge < -0.3 is 18.6 Å². The largest absolute Gasteiger partial charge is 0.493 e. The summed E-state index contributed by atoms with van der Waals surface area (Å²) < 4.78 is 21.8. The maximum atomic E-state index is 12.2. The summed E-state index contributed by atoms with van der Waals surface area (Å²) in [7, 11) is 1.49. The summed E-state index contributed by atoms with van der Waals surface area (Å²) in [6, 6.07) is 12.2. The molecule has 0 fully saturated rings. The van der Waals surface area contributed by atoms with Crippen molar-refractivity contribution < 1.29 is 28.2 Å². The minimum absolute atomic E-state index is 0.0853. The van der Waals surface area contributed by atoms with Crippen molar-refractivity contribution in [2.75, 3.05) is 13.7 Å². The summed E-state index contributed by atoms with van der Waals surface area (Å²) in [6.45, 7) is 2.06. The standard InChI is InChI=1S/C20H18O6/c1-3-24-20(22)19-15(14-6-4-5-7-16(14)26-19)12-25-17-9-8-13(11-21)10-18(17)23-2/h4-11H,3,12H2,1-2H3. The van der Waals surface area contributed by atoms with Crippen LogP contribution in [0.3, 0.4) is 0 Å². The minimum atomic E-state index is -0.537. The number of carbonyl (C=O) groups is 2. The molecule has 0 aliphatic heterocycles. The molecular weight excluding hydrogens is 336 g/mol. The molecule has 0 bridgehead atoms. The van der Waals surface area contributed by atoms with Crippen molar-refractivity contribution in [2.24, 2.45) is 0 Å². The average Bonchev–Trinajstić information content (AvgIpc) is 3.05. The highest BCUT2D eigenvalue weighted by molar-refractivity contribution is 5.96. The van der Waals surface area contributed by atoms with E-state index in [0.717, 1.165) is 11.7 Å². The van der Waals surface area contributed by atoms with Crippen LogP contribution in [0.2, 0.25) is 0 Å². The van der Waals surface area contributed by atoms with Gasteiger partial charge in [0.05, 0.1) is 19.3 Å². The van der Waals surface area contributed by atoms with Gasteiger partial charge in [0.25, 0.3) is 0 Å². The van der Waals surface area contributed by atoms with Crippen LogP contribution in [0.25, 0.3) is 11.0 Å². The minimum Gasteiger partial charge on any atom is -0.493 e. The summed E-state index contributed by atoms with van der Waals surface area (Å²) in [5.74, 6) is 0.473. The number of para-hydroxylation sites is 1. The lowest BCUT2D eigenvalue weighted by Gasteiger charge is -2.11. The van der Waals surface area contributed by atoms with Crippen LogP contribution in [0.15, 0.2) is 46.9 Å². The summed E-state index contributed by atoms with van der Waals surface area (Å²) in [4.78, 5) is 23.1. The second-order valence-corrected chi connectivity index (χ2v) is 5.44. The van der Waals surface area contributed by atoms with Crippen molar-refractivity contribution in [1.82, 2.24) is 0 Å². The van der Waals surface area contributed by atoms with Gasteiger partial charge in [-0.25, -0.2) is 4.79 Å². The number of furan rings is 1. The van der Waals surface area contributed by atoms with Crippen molar-refractivity contribution in [3.05, 3.63) is 59.4 Å². The van der Waals surface area contributed by atoms with Crippen molar-refractivity contribution in [1.29, 1.82) is 0 Å². The van der Waals surface area contributed by atoms with E-state index in [2.05, 4.69) is 0 Å². The van der Waals surface area contributed by atoms with Gasteiger partial charge in [0.2, 0.25) is 5.76 Å². The number of aldehydes is 1. The zero-order valence-corrected chi connectivity index (χ0v) is 14.5. The Bertz CT molecular complexity index is 941. The van der Waals surface area contributed by atoms with Gasteiger partial charge >= 0.3 is 5.97 Å².